The van der Waals surface area contributed by atoms with Gasteiger partial charge in [0.15, 0.2) is 0 Å². The van der Waals surface area contributed by atoms with E-state index >= 15 is 0 Å². The van der Waals surface area contributed by atoms with E-state index in [-0.39, 0.29) is 18.8 Å². The van der Waals surface area contributed by atoms with E-state index in [9.17, 15) is 13.5 Å². The molecule has 0 spiro atoms. The fourth-order valence-electron chi connectivity index (χ4n) is 3.78. The summed E-state index contributed by atoms with van der Waals surface area (Å²) in [5.74, 6) is 2.11. The number of benzene rings is 2. The van der Waals surface area contributed by atoms with Crippen molar-refractivity contribution in [3.8, 4) is 23.0 Å². The Kier molecular flexibility index (Phi) is 9.77. The molecule has 0 aliphatic carbocycles. The molecule has 0 bridgehead atoms. The molecule has 0 unspecified atom stereocenters. The molecule has 1 aromatic heterocycles. The summed E-state index contributed by atoms with van der Waals surface area (Å²) in [5, 5.41) is 9.77. The van der Waals surface area contributed by atoms with Crippen LogP contribution in [0.2, 0.25) is 0 Å². The molecule has 0 amide bonds. The zero-order valence-electron chi connectivity index (χ0n) is 21.3. The normalized spacial score (nSPS) is 13.2. The van der Waals surface area contributed by atoms with Crippen LogP contribution in [0.3, 0.4) is 0 Å². The molecule has 0 radical (unpaired) electrons. The fourth-order valence-corrected chi connectivity index (χ4v) is 5.59. The van der Waals surface area contributed by atoms with Crippen molar-refractivity contribution in [3.63, 3.8) is 0 Å². The number of rotatable bonds is 12. The summed E-state index contributed by atoms with van der Waals surface area (Å²) in [7, 11) is 2.02. The lowest BCUT2D eigenvalue weighted by Gasteiger charge is -2.29. The molecule has 0 aliphatic heterocycles. The summed E-state index contributed by atoms with van der Waals surface area (Å²) in [6.45, 7) is 1.43. The minimum absolute atomic E-state index is 0.0183. The first kappa shape index (κ1) is 28.7. The number of methoxy groups -OCH3 is 4. The van der Waals surface area contributed by atoms with Crippen LogP contribution >= 0.6 is 15.9 Å². The topological polar surface area (TPSA) is 107 Å². The highest BCUT2D eigenvalue weighted by atomic mass is 79.9. The maximum absolute atomic E-state index is 14.0. The Morgan fingerprint density at radius 2 is 1.38 bits per heavy atom. The highest BCUT2D eigenvalue weighted by Gasteiger charge is 2.36. The van der Waals surface area contributed by atoms with Crippen molar-refractivity contribution in [2.75, 3.05) is 28.4 Å². The summed E-state index contributed by atoms with van der Waals surface area (Å²) in [5.41, 5.74) is 1.51. The van der Waals surface area contributed by atoms with Gasteiger partial charge in [0, 0.05) is 47.0 Å². The van der Waals surface area contributed by atoms with E-state index in [1.165, 1.54) is 31.6 Å². The lowest BCUT2D eigenvalue weighted by Crippen LogP contribution is -2.39. The standard InChI is InChI=1S/C26H31BrN2O7S/c1-17(26(30)23-11-8-20(27)14-28-23)37(31,32)29(15-18-6-9-21(33-2)12-24(18)35-4)16-19-7-10-22(34-3)13-25(19)36-5/h6-14,17,26,30H,15-16H2,1-5H3/t17-,26-/m0/s1. The van der Waals surface area contributed by atoms with Gasteiger partial charge in [-0.25, -0.2) is 8.42 Å². The predicted octanol–water partition coefficient (Wildman–Crippen LogP) is 4.33. The highest BCUT2D eigenvalue weighted by molar-refractivity contribution is 9.10. The Hall–Kier alpha value is -2.86. The van der Waals surface area contributed by atoms with Crippen molar-refractivity contribution in [2.24, 2.45) is 0 Å². The van der Waals surface area contributed by atoms with Crippen LogP contribution in [-0.2, 0) is 23.1 Å². The molecule has 0 fully saturated rings. The summed E-state index contributed by atoms with van der Waals surface area (Å²) < 4.78 is 51.5. The van der Waals surface area contributed by atoms with Gasteiger partial charge in [0.2, 0.25) is 10.0 Å². The molecule has 9 nitrogen and oxygen atoms in total. The molecule has 0 aliphatic rings. The van der Waals surface area contributed by atoms with E-state index in [2.05, 4.69) is 20.9 Å². The molecular formula is C26H31BrN2O7S. The van der Waals surface area contributed by atoms with Gasteiger partial charge in [-0.1, -0.05) is 12.1 Å². The van der Waals surface area contributed by atoms with Crippen LogP contribution in [0, 0.1) is 0 Å². The lowest BCUT2D eigenvalue weighted by molar-refractivity contribution is 0.167. The van der Waals surface area contributed by atoms with E-state index in [1.807, 2.05) is 0 Å². The number of nitrogens with zero attached hydrogens (tertiary/aromatic N) is 2. The molecule has 1 heterocycles. The number of aliphatic hydroxyl groups is 1. The third-order valence-corrected chi connectivity index (χ3v) is 8.65. The van der Waals surface area contributed by atoms with Crippen LogP contribution in [0.5, 0.6) is 23.0 Å². The molecular weight excluding hydrogens is 564 g/mol. The summed E-state index contributed by atoms with van der Waals surface area (Å²) in [6, 6.07) is 13.7. The second-order valence-corrected chi connectivity index (χ2v) is 11.4. The molecule has 2 aromatic carbocycles. The van der Waals surface area contributed by atoms with Crippen LogP contribution in [0.15, 0.2) is 59.2 Å². The molecule has 11 heteroatoms. The van der Waals surface area contributed by atoms with Crippen molar-refractivity contribution in [3.05, 3.63) is 76.0 Å². The second-order valence-electron chi connectivity index (χ2n) is 8.22. The van der Waals surface area contributed by atoms with Crippen LogP contribution in [0.4, 0.5) is 0 Å². The Labute approximate surface area is 226 Å². The molecule has 3 rings (SSSR count). The molecule has 0 saturated heterocycles. The first-order valence-electron chi connectivity index (χ1n) is 11.3. The number of pyridine rings is 1. The zero-order chi connectivity index (χ0) is 27.2. The average molecular weight is 596 g/mol. The minimum atomic E-state index is -4.08. The zero-order valence-corrected chi connectivity index (χ0v) is 23.7. The highest BCUT2D eigenvalue weighted by Crippen LogP contribution is 2.33. The van der Waals surface area contributed by atoms with Crippen LogP contribution in [0.1, 0.15) is 29.8 Å². The van der Waals surface area contributed by atoms with Gasteiger partial charge in [-0.15, -0.1) is 0 Å². The number of hydrogen-bond acceptors (Lipinski definition) is 8. The summed E-state index contributed by atoms with van der Waals surface area (Å²) >= 11 is 3.30. The molecule has 2 atom stereocenters. The molecule has 200 valence electrons. The van der Waals surface area contributed by atoms with E-state index in [1.54, 1.807) is 62.8 Å². The Morgan fingerprint density at radius 3 is 1.78 bits per heavy atom. The van der Waals surface area contributed by atoms with Gasteiger partial charge in [0.05, 0.1) is 34.1 Å². The van der Waals surface area contributed by atoms with Gasteiger partial charge in [-0.05, 0) is 47.1 Å². The molecule has 0 saturated carbocycles. The third kappa shape index (κ3) is 6.72. The lowest BCUT2D eigenvalue weighted by atomic mass is 10.1. The van der Waals surface area contributed by atoms with Gasteiger partial charge in [-0.3, -0.25) is 4.98 Å². The molecule has 3 aromatic rings. The summed E-state index contributed by atoms with van der Waals surface area (Å²) in [6.07, 6.45) is 0.163. The first-order chi connectivity index (χ1) is 17.6. The Morgan fingerprint density at radius 1 is 0.865 bits per heavy atom. The molecule has 1 N–H and O–H groups in total. The van der Waals surface area contributed by atoms with Crippen molar-refractivity contribution in [1.29, 1.82) is 0 Å². The Balaban J connectivity index is 2.04. The van der Waals surface area contributed by atoms with Gasteiger partial charge in [-0.2, -0.15) is 4.31 Å². The average Bonchev–Trinajstić information content (AvgIpc) is 2.92. The number of aliphatic hydroxyl groups excluding tert-OH is 1. The largest absolute Gasteiger partial charge is 0.497 e. The van der Waals surface area contributed by atoms with Crippen LogP contribution in [0.25, 0.3) is 0 Å². The van der Waals surface area contributed by atoms with Crippen LogP contribution < -0.4 is 18.9 Å². The van der Waals surface area contributed by atoms with Crippen LogP contribution in [-0.4, -0.2) is 56.5 Å². The fraction of sp³-hybridized carbons (Fsp3) is 0.346. The van der Waals surface area contributed by atoms with E-state index in [0.29, 0.717) is 34.1 Å². The van der Waals surface area contributed by atoms with Gasteiger partial charge >= 0.3 is 0 Å². The summed E-state index contributed by atoms with van der Waals surface area (Å²) in [4.78, 5) is 4.19. The maximum Gasteiger partial charge on any atom is 0.220 e. The second kappa shape index (κ2) is 12.6. The smallest absolute Gasteiger partial charge is 0.220 e. The van der Waals surface area contributed by atoms with E-state index < -0.39 is 21.4 Å². The van der Waals surface area contributed by atoms with Crippen molar-refractivity contribution >= 4 is 26.0 Å². The van der Waals surface area contributed by atoms with Gasteiger partial charge < -0.3 is 24.1 Å². The number of sulfonamides is 1. The minimum Gasteiger partial charge on any atom is -0.497 e. The van der Waals surface area contributed by atoms with Gasteiger partial charge in [0.25, 0.3) is 0 Å². The van der Waals surface area contributed by atoms with Crippen molar-refractivity contribution in [2.45, 2.75) is 31.4 Å². The number of halogens is 1. The number of hydrogen-bond donors (Lipinski definition) is 1. The predicted molar refractivity (Wildman–Crippen MR) is 144 cm³/mol. The Bertz CT molecular complexity index is 1250. The maximum atomic E-state index is 14.0. The third-order valence-electron chi connectivity index (χ3n) is 6.01. The van der Waals surface area contributed by atoms with Gasteiger partial charge in [0.1, 0.15) is 34.4 Å². The quantitative estimate of drug-likeness (QED) is 0.330. The first-order valence-corrected chi connectivity index (χ1v) is 13.6. The monoisotopic (exact) mass is 594 g/mol. The SMILES string of the molecule is COc1ccc(CN(Cc2ccc(OC)cc2OC)S(=O)(=O)[C@@H](C)[C@H](O)c2ccc(Br)cn2)c(OC)c1. The van der Waals surface area contributed by atoms with Crippen molar-refractivity contribution < 1.29 is 32.5 Å². The van der Waals surface area contributed by atoms with E-state index in [0.717, 1.165) is 4.47 Å². The van der Waals surface area contributed by atoms with Crippen molar-refractivity contribution in [1.82, 2.24) is 9.29 Å². The molecule has 37 heavy (non-hydrogen) atoms. The number of aromatic nitrogens is 1. The number of ether oxygens (including phenoxy) is 4. The van der Waals surface area contributed by atoms with E-state index in [4.69, 9.17) is 18.9 Å².